The first-order chi connectivity index (χ1) is 10.5. The Hall–Kier alpha value is -2.76. The van der Waals surface area contributed by atoms with Gasteiger partial charge in [0.1, 0.15) is 0 Å². The zero-order valence-corrected chi connectivity index (χ0v) is 13.0. The fourth-order valence-corrected chi connectivity index (χ4v) is 2.68. The van der Waals surface area contributed by atoms with Crippen LogP contribution in [0.2, 0.25) is 0 Å². The molecule has 0 unspecified atom stereocenters. The van der Waals surface area contributed by atoms with Gasteiger partial charge in [-0.2, -0.15) is 0 Å². The maximum absolute atomic E-state index is 4.63. The monoisotopic (exact) mass is 292 g/mol. The van der Waals surface area contributed by atoms with Gasteiger partial charge in [-0.05, 0) is 24.3 Å². The maximum atomic E-state index is 4.63. The lowest BCUT2D eigenvalue weighted by atomic mass is 10.1. The summed E-state index contributed by atoms with van der Waals surface area (Å²) in [5.41, 5.74) is 3.70. The van der Waals surface area contributed by atoms with Crippen LogP contribution in [0.3, 0.4) is 0 Å². The molecule has 0 saturated heterocycles. The van der Waals surface area contributed by atoms with E-state index in [1.54, 1.807) is 0 Å². The van der Waals surface area contributed by atoms with E-state index >= 15 is 0 Å². The predicted octanol–water partition coefficient (Wildman–Crippen LogP) is 2.30. The third kappa shape index (κ3) is 1.73. The Labute approximate surface area is 127 Å². The van der Waals surface area contributed by atoms with Crippen LogP contribution in [-0.2, 0) is 0 Å². The number of hydrogen-bond acceptors (Lipinski definition) is 6. The van der Waals surface area contributed by atoms with Gasteiger partial charge in [0.15, 0.2) is 0 Å². The summed E-state index contributed by atoms with van der Waals surface area (Å²) >= 11 is 0. The molecule has 2 heterocycles. The van der Waals surface area contributed by atoms with Crippen LogP contribution < -0.4 is 9.80 Å². The first-order valence-corrected chi connectivity index (χ1v) is 7.10. The Balaban J connectivity index is 2.17. The Bertz CT molecular complexity index is 844. The number of nitrogens with zero attached hydrogens (tertiary/aromatic N) is 6. The molecule has 0 spiro atoms. The van der Waals surface area contributed by atoms with Gasteiger partial charge in [-0.3, -0.25) is 0 Å². The smallest absolute Gasteiger partial charge is 0.225 e. The number of anilines is 2. The quantitative estimate of drug-likeness (QED) is 0.528. The van der Waals surface area contributed by atoms with E-state index < -0.39 is 0 Å². The molecular formula is C16H16N6. The molecule has 0 aliphatic rings. The molecule has 110 valence electrons. The Morgan fingerprint density at radius 2 is 0.818 bits per heavy atom. The van der Waals surface area contributed by atoms with Crippen molar-refractivity contribution in [3.05, 3.63) is 24.3 Å². The van der Waals surface area contributed by atoms with Crippen molar-refractivity contribution in [1.82, 2.24) is 19.9 Å². The van der Waals surface area contributed by atoms with E-state index in [2.05, 4.69) is 19.9 Å². The Morgan fingerprint density at radius 1 is 0.545 bits per heavy atom. The van der Waals surface area contributed by atoms with Crippen LogP contribution in [0.15, 0.2) is 24.3 Å². The molecule has 22 heavy (non-hydrogen) atoms. The summed E-state index contributed by atoms with van der Waals surface area (Å²) in [6, 6.07) is 8.02. The summed E-state index contributed by atoms with van der Waals surface area (Å²) in [6.07, 6.45) is 0. The third-order valence-corrected chi connectivity index (χ3v) is 3.75. The van der Waals surface area contributed by atoms with E-state index in [4.69, 9.17) is 0 Å². The van der Waals surface area contributed by atoms with Crippen LogP contribution in [0.5, 0.6) is 0 Å². The Kier molecular flexibility index (Phi) is 2.57. The van der Waals surface area contributed by atoms with Gasteiger partial charge >= 0.3 is 0 Å². The van der Waals surface area contributed by atoms with Gasteiger partial charge in [-0.15, -0.1) is 0 Å². The van der Waals surface area contributed by atoms with Gasteiger partial charge in [-0.25, -0.2) is 19.9 Å². The fraction of sp³-hybridized carbons (Fsp3) is 0.250. The van der Waals surface area contributed by atoms with Gasteiger partial charge in [0.05, 0.1) is 22.1 Å². The third-order valence-electron chi connectivity index (χ3n) is 3.75. The molecule has 0 saturated carbocycles. The summed E-state index contributed by atoms with van der Waals surface area (Å²) in [6.45, 7) is 0. The average molecular weight is 292 g/mol. The molecule has 0 atom stereocenters. The standard InChI is InChI=1S/C16H16N6/c1-21(2)15-17-9-5-7-11-14-12(20-16(19-11)22(3)4)8-6-10(18-15)13(9)14/h5-8H,1-4H3. The second-order valence-corrected chi connectivity index (χ2v) is 5.79. The molecule has 0 bridgehead atoms. The molecule has 4 aromatic rings. The van der Waals surface area contributed by atoms with Crippen molar-refractivity contribution in [1.29, 1.82) is 0 Å². The van der Waals surface area contributed by atoms with Crippen LogP contribution in [0.25, 0.3) is 32.8 Å². The summed E-state index contributed by atoms with van der Waals surface area (Å²) in [7, 11) is 7.78. The van der Waals surface area contributed by atoms with Crippen molar-refractivity contribution in [3.8, 4) is 0 Å². The second-order valence-electron chi connectivity index (χ2n) is 5.79. The lowest BCUT2D eigenvalue weighted by Crippen LogP contribution is -2.14. The average Bonchev–Trinajstić information content (AvgIpc) is 2.51. The molecule has 6 heteroatoms. The van der Waals surface area contributed by atoms with Gasteiger partial charge in [0.25, 0.3) is 0 Å². The zero-order chi connectivity index (χ0) is 15.4. The van der Waals surface area contributed by atoms with Crippen LogP contribution in [-0.4, -0.2) is 48.1 Å². The second kappa shape index (κ2) is 4.37. The molecule has 0 amide bonds. The molecule has 2 aromatic heterocycles. The number of hydrogen-bond donors (Lipinski definition) is 0. The maximum Gasteiger partial charge on any atom is 0.225 e. The highest BCUT2D eigenvalue weighted by molar-refractivity contribution is 6.19. The van der Waals surface area contributed by atoms with E-state index in [1.165, 1.54) is 0 Å². The molecule has 0 radical (unpaired) electrons. The minimum Gasteiger partial charge on any atom is -0.347 e. The first kappa shape index (κ1) is 12.9. The molecule has 0 fully saturated rings. The van der Waals surface area contributed by atoms with E-state index in [-0.39, 0.29) is 0 Å². The van der Waals surface area contributed by atoms with Crippen LogP contribution in [0.1, 0.15) is 0 Å². The summed E-state index contributed by atoms with van der Waals surface area (Å²) in [5.74, 6) is 1.42. The van der Waals surface area contributed by atoms with Crippen molar-refractivity contribution < 1.29 is 0 Å². The predicted molar refractivity (Wildman–Crippen MR) is 90.0 cm³/mol. The molecule has 0 aliphatic heterocycles. The number of aromatic nitrogens is 4. The topological polar surface area (TPSA) is 58.0 Å². The molecule has 0 aliphatic carbocycles. The highest BCUT2D eigenvalue weighted by atomic mass is 15.2. The van der Waals surface area contributed by atoms with Gasteiger partial charge in [0.2, 0.25) is 11.9 Å². The van der Waals surface area contributed by atoms with E-state index in [1.807, 2.05) is 62.3 Å². The van der Waals surface area contributed by atoms with Gasteiger partial charge in [0, 0.05) is 39.0 Å². The fourth-order valence-electron chi connectivity index (χ4n) is 2.68. The van der Waals surface area contributed by atoms with Crippen molar-refractivity contribution in [2.75, 3.05) is 38.0 Å². The summed E-state index contributed by atoms with van der Waals surface area (Å²) in [4.78, 5) is 22.4. The normalized spacial score (nSPS) is 11.6. The number of benzene rings is 2. The van der Waals surface area contributed by atoms with Crippen molar-refractivity contribution >= 4 is 44.7 Å². The molecule has 4 rings (SSSR count). The molecular weight excluding hydrogens is 276 g/mol. The highest BCUT2D eigenvalue weighted by Crippen LogP contribution is 2.32. The molecule has 6 nitrogen and oxygen atoms in total. The molecule has 2 aromatic carbocycles. The highest BCUT2D eigenvalue weighted by Gasteiger charge is 2.15. The van der Waals surface area contributed by atoms with Crippen LogP contribution in [0.4, 0.5) is 11.9 Å². The van der Waals surface area contributed by atoms with Crippen LogP contribution >= 0.6 is 0 Å². The summed E-state index contributed by atoms with van der Waals surface area (Å²) in [5, 5.41) is 2.07. The van der Waals surface area contributed by atoms with Crippen molar-refractivity contribution in [3.63, 3.8) is 0 Å². The Morgan fingerprint density at radius 3 is 1.05 bits per heavy atom. The largest absolute Gasteiger partial charge is 0.347 e. The van der Waals surface area contributed by atoms with Crippen molar-refractivity contribution in [2.24, 2.45) is 0 Å². The lowest BCUT2D eigenvalue weighted by Gasteiger charge is -2.16. The van der Waals surface area contributed by atoms with E-state index in [0.29, 0.717) is 11.9 Å². The van der Waals surface area contributed by atoms with Gasteiger partial charge < -0.3 is 9.80 Å². The minimum absolute atomic E-state index is 0.709. The summed E-state index contributed by atoms with van der Waals surface area (Å²) < 4.78 is 0. The zero-order valence-electron chi connectivity index (χ0n) is 13.0. The first-order valence-electron chi connectivity index (χ1n) is 7.10. The SMILES string of the molecule is CN(C)c1nc2ccc3nc(N(C)C)nc4ccc(n1)c2c34. The van der Waals surface area contributed by atoms with Crippen molar-refractivity contribution in [2.45, 2.75) is 0 Å². The van der Waals surface area contributed by atoms with E-state index in [0.717, 1.165) is 32.8 Å². The minimum atomic E-state index is 0.709. The molecule has 0 N–H and O–H groups in total. The van der Waals surface area contributed by atoms with Crippen LogP contribution in [0, 0.1) is 0 Å². The van der Waals surface area contributed by atoms with E-state index in [9.17, 15) is 0 Å². The van der Waals surface area contributed by atoms with Gasteiger partial charge in [-0.1, -0.05) is 0 Å². The number of rotatable bonds is 2. The lowest BCUT2D eigenvalue weighted by molar-refractivity contribution is 1.02.